The maximum atomic E-state index is 12.3. The highest BCUT2D eigenvalue weighted by Gasteiger charge is 2.44. The summed E-state index contributed by atoms with van der Waals surface area (Å²) in [5, 5.41) is 13.0. The van der Waals surface area contributed by atoms with Crippen LogP contribution in [0.15, 0.2) is 16.8 Å². The van der Waals surface area contributed by atoms with Crippen molar-refractivity contribution in [1.82, 2.24) is 9.97 Å². The number of aliphatic hydroxyl groups is 1. The Morgan fingerprint density at radius 3 is 2.70 bits per heavy atom. The van der Waals surface area contributed by atoms with E-state index in [-0.39, 0.29) is 17.9 Å². The zero-order valence-corrected chi connectivity index (χ0v) is 15.4. The fraction of sp³-hybridized carbons (Fsp3) is 0.600. The third-order valence-corrected chi connectivity index (χ3v) is 6.25. The molecule has 0 aromatic carbocycles. The molecule has 0 atom stereocenters. The van der Waals surface area contributed by atoms with Crippen LogP contribution in [0.5, 0.6) is 0 Å². The first-order valence-corrected chi connectivity index (χ1v) is 9.98. The summed E-state index contributed by atoms with van der Waals surface area (Å²) in [6.45, 7) is 1.86. The molecular formula is C20H25N5O2. The molecule has 0 bridgehead atoms. The Morgan fingerprint density at radius 2 is 2.04 bits per heavy atom. The Balaban J connectivity index is 1.38. The van der Waals surface area contributed by atoms with Crippen LogP contribution in [0, 0.1) is 5.92 Å². The third kappa shape index (κ3) is 3.04. The molecule has 1 aromatic heterocycles. The molecule has 2 aliphatic heterocycles. The summed E-state index contributed by atoms with van der Waals surface area (Å²) in [6, 6.07) is 0. The number of hydrogen-bond donors (Lipinski definition) is 2. The van der Waals surface area contributed by atoms with E-state index in [9.17, 15) is 9.90 Å². The molecule has 5 rings (SSSR count). The molecule has 1 aromatic rings. The van der Waals surface area contributed by atoms with Gasteiger partial charge in [-0.15, -0.1) is 0 Å². The highest BCUT2D eigenvalue weighted by atomic mass is 16.3. The van der Waals surface area contributed by atoms with Crippen molar-refractivity contribution in [3.8, 4) is 0 Å². The van der Waals surface area contributed by atoms with Gasteiger partial charge in [-0.1, -0.05) is 6.08 Å². The molecule has 4 aliphatic rings. The number of hydrogen-bond acceptors (Lipinski definition) is 7. The molecule has 0 radical (unpaired) electrons. The number of ketones is 1. The van der Waals surface area contributed by atoms with Crippen molar-refractivity contribution in [2.75, 3.05) is 29.9 Å². The van der Waals surface area contributed by atoms with Gasteiger partial charge in [0.15, 0.2) is 5.78 Å². The van der Waals surface area contributed by atoms with Crippen molar-refractivity contribution in [1.29, 1.82) is 0 Å². The molecule has 1 saturated heterocycles. The first kappa shape index (κ1) is 16.9. The molecule has 2 aliphatic carbocycles. The molecule has 142 valence electrons. The van der Waals surface area contributed by atoms with Gasteiger partial charge in [0.1, 0.15) is 5.82 Å². The molecule has 1 saturated carbocycles. The topological polar surface area (TPSA) is 90.7 Å². The van der Waals surface area contributed by atoms with Crippen molar-refractivity contribution >= 4 is 23.8 Å². The number of anilines is 2. The lowest BCUT2D eigenvalue weighted by Gasteiger charge is -2.32. The number of allylic oxidation sites excluding steroid dienone is 2. The van der Waals surface area contributed by atoms with Crippen LogP contribution in [0.3, 0.4) is 0 Å². The molecule has 3 heterocycles. The van der Waals surface area contributed by atoms with E-state index < -0.39 is 0 Å². The molecule has 2 N–H and O–H groups in total. The number of rotatable bonds is 5. The first-order valence-electron chi connectivity index (χ1n) is 9.98. The van der Waals surface area contributed by atoms with E-state index in [4.69, 9.17) is 9.97 Å². The number of nitrogens with one attached hydrogen (secondary N) is 1. The predicted octanol–water partition coefficient (Wildman–Crippen LogP) is 2.12. The largest absolute Gasteiger partial charge is 0.394 e. The molecule has 0 unspecified atom stereocenters. The zero-order chi connectivity index (χ0) is 18.4. The predicted molar refractivity (Wildman–Crippen MR) is 103 cm³/mol. The Labute approximate surface area is 158 Å². The van der Waals surface area contributed by atoms with Gasteiger partial charge in [0.05, 0.1) is 23.4 Å². The lowest BCUT2D eigenvalue weighted by atomic mass is 9.94. The van der Waals surface area contributed by atoms with Crippen molar-refractivity contribution in [3.63, 3.8) is 0 Å². The summed E-state index contributed by atoms with van der Waals surface area (Å²) in [5.41, 5.74) is 2.42. The van der Waals surface area contributed by atoms with Crippen LogP contribution < -0.4 is 10.2 Å². The molecule has 7 nitrogen and oxygen atoms in total. The van der Waals surface area contributed by atoms with Gasteiger partial charge in [0, 0.05) is 43.8 Å². The molecular weight excluding hydrogens is 342 g/mol. The number of aliphatic hydroxyl groups excluding tert-OH is 1. The summed E-state index contributed by atoms with van der Waals surface area (Å²) in [4.78, 5) is 28.5. The van der Waals surface area contributed by atoms with Gasteiger partial charge in [-0.05, 0) is 32.1 Å². The van der Waals surface area contributed by atoms with Crippen LogP contribution in [-0.2, 0) is 6.42 Å². The Morgan fingerprint density at radius 1 is 1.22 bits per heavy atom. The van der Waals surface area contributed by atoms with E-state index in [1.165, 1.54) is 5.70 Å². The van der Waals surface area contributed by atoms with Gasteiger partial charge in [-0.3, -0.25) is 9.79 Å². The number of aliphatic imine (C=N–C) groups is 1. The smallest absolute Gasteiger partial charge is 0.227 e. The maximum absolute atomic E-state index is 12.3. The van der Waals surface area contributed by atoms with Crippen LogP contribution >= 0.6 is 0 Å². The van der Waals surface area contributed by atoms with Crippen LogP contribution in [0.25, 0.3) is 0 Å². The van der Waals surface area contributed by atoms with Gasteiger partial charge in [0.25, 0.3) is 0 Å². The fourth-order valence-corrected chi connectivity index (χ4v) is 4.31. The van der Waals surface area contributed by atoms with Crippen LogP contribution in [0.1, 0.15) is 54.6 Å². The number of carbonyl (C=O) groups is 1. The summed E-state index contributed by atoms with van der Waals surface area (Å²) < 4.78 is 0. The Bertz CT molecular complexity index is 835. The normalized spacial score (nSPS) is 23.5. The summed E-state index contributed by atoms with van der Waals surface area (Å²) in [5.74, 6) is 1.96. The minimum absolute atomic E-state index is 0.0658. The van der Waals surface area contributed by atoms with Crippen LogP contribution in [0.2, 0.25) is 0 Å². The van der Waals surface area contributed by atoms with E-state index in [1.807, 2.05) is 6.21 Å². The number of piperidine rings is 1. The second kappa shape index (κ2) is 6.41. The highest BCUT2D eigenvalue weighted by Crippen LogP contribution is 2.40. The quantitative estimate of drug-likeness (QED) is 0.828. The molecule has 0 spiro atoms. The molecule has 27 heavy (non-hydrogen) atoms. The summed E-state index contributed by atoms with van der Waals surface area (Å²) >= 11 is 0. The van der Waals surface area contributed by atoms with Crippen LogP contribution in [0.4, 0.5) is 11.8 Å². The van der Waals surface area contributed by atoms with Crippen molar-refractivity contribution in [2.24, 2.45) is 10.9 Å². The monoisotopic (exact) mass is 367 g/mol. The minimum atomic E-state index is -0.303. The standard InChI is InChI=1S/C20H25N5O2/c26-12-20(7-8-20)24-18-17-15(3-4-16(17)27)22-19(23-18)25-10-5-13(6-11-25)14-2-1-9-21-14/h2,9,13,26H,1,3-8,10-12H2,(H,22,23,24). The summed E-state index contributed by atoms with van der Waals surface area (Å²) in [6.07, 6.45) is 10.3. The number of nitrogens with zero attached hydrogens (tertiary/aromatic N) is 4. The van der Waals surface area contributed by atoms with Crippen molar-refractivity contribution < 1.29 is 9.90 Å². The van der Waals surface area contributed by atoms with Crippen LogP contribution in [-0.4, -0.2) is 52.3 Å². The molecule has 7 heteroatoms. The minimum Gasteiger partial charge on any atom is -0.394 e. The average Bonchev–Trinajstić information content (AvgIpc) is 3.08. The number of aryl methyl sites for hydroxylation is 1. The van der Waals surface area contributed by atoms with Gasteiger partial charge in [-0.2, -0.15) is 4.98 Å². The van der Waals surface area contributed by atoms with Gasteiger partial charge < -0.3 is 15.3 Å². The van der Waals surface area contributed by atoms with Gasteiger partial charge in [-0.25, -0.2) is 4.98 Å². The number of carbonyl (C=O) groups excluding carboxylic acids is 1. The highest BCUT2D eigenvalue weighted by molar-refractivity contribution is 6.04. The lowest BCUT2D eigenvalue weighted by Crippen LogP contribution is -2.36. The van der Waals surface area contributed by atoms with E-state index in [2.05, 4.69) is 21.3 Å². The first-order chi connectivity index (χ1) is 13.2. The third-order valence-electron chi connectivity index (χ3n) is 6.25. The molecule has 2 fully saturated rings. The number of Topliss-reactive ketones (excluding diaryl/α,β-unsaturated/α-hetero) is 1. The van der Waals surface area contributed by atoms with E-state index in [0.29, 0.717) is 36.1 Å². The van der Waals surface area contributed by atoms with Crippen molar-refractivity contribution in [2.45, 2.75) is 50.5 Å². The van der Waals surface area contributed by atoms with Gasteiger partial charge in [0.2, 0.25) is 5.95 Å². The fourth-order valence-electron chi connectivity index (χ4n) is 4.31. The van der Waals surface area contributed by atoms with Crippen molar-refractivity contribution in [3.05, 3.63) is 23.0 Å². The second-order valence-electron chi connectivity index (χ2n) is 8.12. The van der Waals surface area contributed by atoms with E-state index >= 15 is 0 Å². The Hall–Kier alpha value is -2.28. The second-order valence-corrected chi connectivity index (χ2v) is 8.12. The lowest BCUT2D eigenvalue weighted by molar-refractivity contribution is 0.0995. The average molecular weight is 367 g/mol. The van der Waals surface area contributed by atoms with E-state index in [1.54, 1.807) is 0 Å². The SMILES string of the molecule is O=C1CCc2nc(N3CCC(C4=CCC=N4)CC3)nc(NC3(CO)CC3)c21. The zero-order valence-electron chi connectivity index (χ0n) is 15.4. The molecule has 0 amide bonds. The number of aromatic nitrogens is 2. The maximum Gasteiger partial charge on any atom is 0.227 e. The summed E-state index contributed by atoms with van der Waals surface area (Å²) in [7, 11) is 0. The number of fused-ring (bicyclic) bond motifs is 1. The van der Waals surface area contributed by atoms with Gasteiger partial charge >= 0.3 is 0 Å². The Kier molecular flexibility index (Phi) is 4.00. The van der Waals surface area contributed by atoms with E-state index in [0.717, 1.165) is 50.9 Å².